The molecule has 0 radical (unpaired) electrons. The Hall–Kier alpha value is -2.57. The fourth-order valence-electron chi connectivity index (χ4n) is 4.02. The van der Waals surface area contributed by atoms with E-state index < -0.39 is 0 Å². The second-order valence-electron chi connectivity index (χ2n) is 7.58. The third-order valence-electron chi connectivity index (χ3n) is 5.30. The van der Waals surface area contributed by atoms with Gasteiger partial charge < -0.3 is 4.57 Å². The smallest absolute Gasteiger partial charge is 0.169 e. The first-order valence-electron chi connectivity index (χ1n) is 9.76. The second kappa shape index (κ2) is 7.11. The van der Waals surface area contributed by atoms with Crippen molar-refractivity contribution < 1.29 is 0 Å². The van der Waals surface area contributed by atoms with Crippen molar-refractivity contribution in [2.45, 2.75) is 39.4 Å². The highest BCUT2D eigenvalue weighted by molar-refractivity contribution is 7.13. The lowest BCUT2D eigenvalue weighted by molar-refractivity contribution is 0.233. The van der Waals surface area contributed by atoms with Gasteiger partial charge in [-0.15, -0.1) is 11.3 Å². The maximum atomic E-state index is 4.92. The molecular formula is C22H23N5S. The number of aromatic nitrogens is 4. The van der Waals surface area contributed by atoms with Crippen molar-refractivity contribution in [1.82, 2.24) is 24.4 Å². The topological polar surface area (TPSA) is 46.8 Å². The molecule has 0 N–H and O–H groups in total. The Kier molecular flexibility index (Phi) is 4.45. The zero-order valence-electron chi connectivity index (χ0n) is 16.2. The van der Waals surface area contributed by atoms with Gasteiger partial charge in [-0.3, -0.25) is 4.90 Å². The van der Waals surface area contributed by atoms with E-state index in [0.717, 1.165) is 48.1 Å². The van der Waals surface area contributed by atoms with Crippen molar-refractivity contribution in [2.24, 2.45) is 0 Å². The highest BCUT2D eigenvalue weighted by Gasteiger charge is 2.22. The lowest BCUT2D eigenvalue weighted by Crippen LogP contribution is -2.32. The number of hydrogen-bond acceptors (Lipinski definition) is 5. The molecule has 0 spiro atoms. The Labute approximate surface area is 168 Å². The molecule has 142 valence electrons. The van der Waals surface area contributed by atoms with Gasteiger partial charge in [0.05, 0.1) is 28.1 Å². The van der Waals surface area contributed by atoms with Crippen molar-refractivity contribution >= 4 is 22.4 Å². The van der Waals surface area contributed by atoms with E-state index in [-0.39, 0.29) is 0 Å². The lowest BCUT2D eigenvalue weighted by Gasteiger charge is -2.28. The Balaban J connectivity index is 1.40. The van der Waals surface area contributed by atoms with E-state index in [2.05, 4.69) is 64.0 Å². The van der Waals surface area contributed by atoms with E-state index >= 15 is 0 Å². The fraction of sp³-hybridized carbons (Fsp3) is 0.318. The third-order valence-corrected chi connectivity index (χ3v) is 6.17. The summed E-state index contributed by atoms with van der Waals surface area (Å²) in [4.78, 5) is 18.0. The molecule has 28 heavy (non-hydrogen) atoms. The summed E-state index contributed by atoms with van der Waals surface area (Å²) in [6.07, 6.45) is 2.97. The van der Waals surface area contributed by atoms with Crippen LogP contribution < -0.4 is 0 Å². The Morgan fingerprint density at radius 2 is 2.00 bits per heavy atom. The quantitative estimate of drug-likeness (QED) is 0.508. The minimum absolute atomic E-state index is 0.385. The summed E-state index contributed by atoms with van der Waals surface area (Å²) in [5.41, 5.74) is 4.71. The first-order chi connectivity index (χ1) is 13.7. The number of hydrogen-bond donors (Lipinski definition) is 0. The molecule has 0 amide bonds. The number of nitrogens with zero attached hydrogens (tertiary/aromatic N) is 5. The van der Waals surface area contributed by atoms with E-state index in [1.54, 1.807) is 11.3 Å². The summed E-state index contributed by atoms with van der Waals surface area (Å²) < 4.78 is 2.36. The zero-order valence-corrected chi connectivity index (χ0v) is 17.0. The molecule has 0 bridgehead atoms. The summed E-state index contributed by atoms with van der Waals surface area (Å²) in [5.74, 6) is 1.99. The molecule has 0 atom stereocenters. The summed E-state index contributed by atoms with van der Waals surface area (Å²) >= 11 is 1.69. The Morgan fingerprint density at radius 1 is 1.11 bits per heavy atom. The molecule has 1 aliphatic rings. The molecule has 4 aromatic rings. The number of rotatable bonds is 4. The van der Waals surface area contributed by atoms with E-state index in [0.29, 0.717) is 6.04 Å². The molecule has 1 aliphatic heterocycles. The minimum atomic E-state index is 0.385. The first-order valence-corrected chi connectivity index (χ1v) is 10.6. The van der Waals surface area contributed by atoms with Crippen molar-refractivity contribution in [1.29, 1.82) is 0 Å². The first kappa shape index (κ1) is 17.5. The van der Waals surface area contributed by atoms with Gasteiger partial charge >= 0.3 is 0 Å². The van der Waals surface area contributed by atoms with Crippen LogP contribution in [0.5, 0.6) is 0 Å². The van der Waals surface area contributed by atoms with Crippen molar-refractivity contribution in [3.8, 4) is 10.7 Å². The molecule has 5 nitrogen and oxygen atoms in total. The molecule has 0 unspecified atom stereocenters. The van der Waals surface area contributed by atoms with Crippen LogP contribution in [0.25, 0.3) is 21.7 Å². The van der Waals surface area contributed by atoms with Crippen LogP contribution in [0, 0.1) is 0 Å². The van der Waals surface area contributed by atoms with Gasteiger partial charge in [-0.05, 0) is 37.4 Å². The highest BCUT2D eigenvalue weighted by Crippen LogP contribution is 2.26. The van der Waals surface area contributed by atoms with Gasteiger partial charge in [-0.2, -0.15) is 0 Å². The summed E-state index contributed by atoms with van der Waals surface area (Å²) in [7, 11) is 0. The fourth-order valence-corrected chi connectivity index (χ4v) is 4.68. The summed E-state index contributed by atoms with van der Waals surface area (Å²) in [5, 5.41) is 2.07. The second-order valence-corrected chi connectivity index (χ2v) is 8.53. The predicted octanol–water partition coefficient (Wildman–Crippen LogP) is 4.69. The van der Waals surface area contributed by atoms with Crippen LogP contribution in [0.2, 0.25) is 0 Å². The summed E-state index contributed by atoms with van der Waals surface area (Å²) in [6, 6.07) is 12.9. The number of para-hydroxylation sites is 2. The molecule has 6 heteroatoms. The van der Waals surface area contributed by atoms with Crippen molar-refractivity contribution in [3.63, 3.8) is 0 Å². The molecule has 3 aromatic heterocycles. The number of thiophene rings is 1. The molecule has 5 rings (SSSR count). The van der Waals surface area contributed by atoms with Gasteiger partial charge in [0, 0.05) is 37.3 Å². The average Bonchev–Trinajstić information content (AvgIpc) is 3.35. The summed E-state index contributed by atoms with van der Waals surface area (Å²) in [6.45, 7) is 7.17. The molecule has 1 aromatic carbocycles. The maximum Gasteiger partial charge on any atom is 0.169 e. The van der Waals surface area contributed by atoms with E-state index in [1.807, 2.05) is 12.3 Å². The average molecular weight is 390 g/mol. The van der Waals surface area contributed by atoms with Gasteiger partial charge in [0.1, 0.15) is 5.82 Å². The van der Waals surface area contributed by atoms with E-state index in [1.165, 1.54) is 16.8 Å². The largest absolute Gasteiger partial charge is 0.324 e. The van der Waals surface area contributed by atoms with Crippen LogP contribution in [0.3, 0.4) is 0 Å². The van der Waals surface area contributed by atoms with Crippen LogP contribution in [0.4, 0.5) is 0 Å². The van der Waals surface area contributed by atoms with Crippen LogP contribution >= 0.6 is 11.3 Å². The number of fused-ring (bicyclic) bond motifs is 2. The Bertz CT molecular complexity index is 1110. The molecule has 0 saturated carbocycles. The van der Waals surface area contributed by atoms with Crippen LogP contribution in [0.1, 0.15) is 37.0 Å². The van der Waals surface area contributed by atoms with Crippen molar-refractivity contribution in [3.05, 3.63) is 65.1 Å². The van der Waals surface area contributed by atoms with Crippen LogP contribution in [0.15, 0.2) is 48.0 Å². The molecule has 4 heterocycles. The third kappa shape index (κ3) is 3.12. The lowest BCUT2D eigenvalue weighted by atomic mass is 10.1. The zero-order chi connectivity index (χ0) is 19.1. The van der Waals surface area contributed by atoms with E-state index in [9.17, 15) is 0 Å². The molecule has 0 aliphatic carbocycles. The highest BCUT2D eigenvalue weighted by atomic mass is 32.1. The molecule has 0 saturated heterocycles. The van der Waals surface area contributed by atoms with Crippen LogP contribution in [-0.4, -0.2) is 31.0 Å². The van der Waals surface area contributed by atoms with Gasteiger partial charge in [-0.1, -0.05) is 18.2 Å². The normalized spacial score (nSPS) is 14.7. The van der Waals surface area contributed by atoms with Crippen molar-refractivity contribution in [2.75, 3.05) is 6.54 Å². The molecule has 0 fully saturated rings. The van der Waals surface area contributed by atoms with Gasteiger partial charge in [0.25, 0.3) is 0 Å². The monoisotopic (exact) mass is 389 g/mol. The van der Waals surface area contributed by atoms with Gasteiger partial charge in [0.15, 0.2) is 5.82 Å². The van der Waals surface area contributed by atoms with Gasteiger partial charge in [-0.25, -0.2) is 15.0 Å². The van der Waals surface area contributed by atoms with Crippen LogP contribution in [-0.2, 0) is 19.5 Å². The van der Waals surface area contributed by atoms with Gasteiger partial charge in [0.2, 0.25) is 0 Å². The standard InChI is InChI=1S/C22H23N5S/c1-15(2)27-19-7-4-3-6-18(19)24-21(27)14-26-10-9-17-16(13-26)12-23-22(25-17)20-8-5-11-28-20/h3-8,11-12,15H,9-10,13-14H2,1-2H3. The number of benzene rings is 1. The predicted molar refractivity (Wildman–Crippen MR) is 113 cm³/mol. The maximum absolute atomic E-state index is 4.92. The minimum Gasteiger partial charge on any atom is -0.324 e. The van der Waals surface area contributed by atoms with E-state index in [4.69, 9.17) is 9.97 Å². The Morgan fingerprint density at radius 3 is 2.82 bits per heavy atom. The SMILES string of the molecule is CC(C)n1c(CN2CCc3nc(-c4cccs4)ncc3C2)nc2ccccc21. The molecular weight excluding hydrogens is 366 g/mol. The number of imidazole rings is 1.